The van der Waals surface area contributed by atoms with Gasteiger partial charge < -0.3 is 25.2 Å². The summed E-state index contributed by atoms with van der Waals surface area (Å²) in [6.45, 7) is 0. The Bertz CT molecular complexity index is 150. The average Bonchev–Trinajstić information content (AvgIpc) is 2.08. The molecule has 1 rings (SSSR count). The second kappa shape index (κ2) is 4.16. The van der Waals surface area contributed by atoms with Gasteiger partial charge in [0.25, 0.3) is 0 Å². The Labute approximate surface area is 83.1 Å². The van der Waals surface area contributed by atoms with E-state index in [0.717, 1.165) is 0 Å². The maximum atomic E-state index is 9.27. The third kappa shape index (κ3) is 1.88. The van der Waals surface area contributed by atoms with Gasteiger partial charge in [0.15, 0.2) is 6.29 Å². The molecule has 1 saturated heterocycles. The molecular formula is C6H11IO5. The monoisotopic (exact) mass is 290 g/mol. The smallest absolute Gasteiger partial charge is 0.183 e. The molecule has 0 bridgehead atoms. The summed E-state index contributed by atoms with van der Waals surface area (Å²) in [5.74, 6) is 0. The summed E-state index contributed by atoms with van der Waals surface area (Å²) in [6, 6.07) is 0. The minimum Gasteiger partial charge on any atom is -0.388 e. The van der Waals surface area contributed by atoms with Gasteiger partial charge in [-0.3, -0.25) is 0 Å². The van der Waals surface area contributed by atoms with Crippen LogP contribution in [0.2, 0.25) is 0 Å². The van der Waals surface area contributed by atoms with E-state index >= 15 is 0 Å². The SMILES string of the molecule is O[C@@H]1[C@H](O)[C@H](O)O[C@@H](CI)[C@H]1O. The van der Waals surface area contributed by atoms with Crippen molar-refractivity contribution < 1.29 is 25.2 Å². The fraction of sp³-hybridized carbons (Fsp3) is 1.00. The zero-order chi connectivity index (χ0) is 9.30. The summed E-state index contributed by atoms with van der Waals surface area (Å²) in [5, 5.41) is 36.5. The van der Waals surface area contributed by atoms with Crippen LogP contribution in [0.15, 0.2) is 0 Å². The number of halogens is 1. The van der Waals surface area contributed by atoms with Gasteiger partial charge in [0, 0.05) is 4.43 Å². The highest BCUT2D eigenvalue weighted by Crippen LogP contribution is 2.20. The largest absolute Gasteiger partial charge is 0.388 e. The van der Waals surface area contributed by atoms with Gasteiger partial charge >= 0.3 is 0 Å². The Morgan fingerprint density at radius 2 is 1.58 bits per heavy atom. The summed E-state index contributed by atoms with van der Waals surface area (Å²) in [6.07, 6.45) is -5.95. The molecule has 0 aromatic carbocycles. The lowest BCUT2D eigenvalue weighted by molar-refractivity contribution is -0.275. The van der Waals surface area contributed by atoms with Crippen molar-refractivity contribution in [3.63, 3.8) is 0 Å². The Hall–Kier alpha value is 0.530. The highest BCUT2D eigenvalue weighted by atomic mass is 127. The molecule has 0 aromatic heterocycles. The molecule has 0 aromatic rings. The minimum absolute atomic E-state index is 0.444. The van der Waals surface area contributed by atoms with E-state index < -0.39 is 30.7 Å². The third-order valence-corrected chi connectivity index (χ3v) is 2.71. The van der Waals surface area contributed by atoms with Crippen LogP contribution in [-0.2, 0) is 4.74 Å². The van der Waals surface area contributed by atoms with Crippen molar-refractivity contribution in [2.45, 2.75) is 30.7 Å². The molecule has 0 amide bonds. The number of hydrogen-bond donors (Lipinski definition) is 4. The van der Waals surface area contributed by atoms with Crippen LogP contribution < -0.4 is 0 Å². The van der Waals surface area contributed by atoms with Gasteiger partial charge in [0.1, 0.15) is 18.3 Å². The van der Waals surface area contributed by atoms with Crippen molar-refractivity contribution in [1.82, 2.24) is 0 Å². The molecule has 0 unspecified atom stereocenters. The van der Waals surface area contributed by atoms with Crippen molar-refractivity contribution >= 4 is 22.6 Å². The predicted molar refractivity (Wildman–Crippen MR) is 47.8 cm³/mol. The maximum Gasteiger partial charge on any atom is 0.183 e. The van der Waals surface area contributed by atoms with Crippen LogP contribution in [0.25, 0.3) is 0 Å². The number of rotatable bonds is 1. The third-order valence-electron chi connectivity index (χ3n) is 1.84. The molecule has 72 valence electrons. The van der Waals surface area contributed by atoms with E-state index in [2.05, 4.69) is 0 Å². The van der Waals surface area contributed by atoms with E-state index in [1.54, 1.807) is 0 Å². The van der Waals surface area contributed by atoms with Crippen LogP contribution in [0.4, 0.5) is 0 Å². The Kier molecular flexibility index (Phi) is 3.68. The van der Waals surface area contributed by atoms with Crippen LogP contribution >= 0.6 is 22.6 Å². The first-order valence-electron chi connectivity index (χ1n) is 3.51. The van der Waals surface area contributed by atoms with Gasteiger partial charge in [-0.05, 0) is 0 Å². The van der Waals surface area contributed by atoms with Crippen molar-refractivity contribution in [3.05, 3.63) is 0 Å². The number of ether oxygens (including phenoxy) is 1. The van der Waals surface area contributed by atoms with Crippen molar-refractivity contribution in [1.29, 1.82) is 0 Å². The number of alkyl halides is 1. The molecule has 5 atom stereocenters. The molecular weight excluding hydrogens is 279 g/mol. The van der Waals surface area contributed by atoms with Gasteiger partial charge in [0.05, 0.1) is 6.10 Å². The summed E-state index contributed by atoms with van der Waals surface area (Å²) in [5.41, 5.74) is 0. The minimum atomic E-state index is -1.43. The molecule has 5 nitrogen and oxygen atoms in total. The molecule has 6 heteroatoms. The van der Waals surface area contributed by atoms with Crippen molar-refractivity contribution in [2.75, 3.05) is 4.43 Å². The first kappa shape index (κ1) is 10.6. The lowest BCUT2D eigenvalue weighted by Crippen LogP contribution is -2.57. The second-order valence-corrected chi connectivity index (χ2v) is 3.57. The summed E-state index contributed by atoms with van der Waals surface area (Å²) in [4.78, 5) is 0. The molecule has 0 aliphatic carbocycles. The highest BCUT2D eigenvalue weighted by molar-refractivity contribution is 14.1. The molecule has 1 fully saturated rings. The standard InChI is InChI=1S/C6H11IO5/c7-1-2-3(8)4(9)5(10)6(11)12-2/h2-6,8-11H,1H2/t2-,3+,4-,5-,6+/m0/s1. The van der Waals surface area contributed by atoms with Gasteiger partial charge in [-0.1, -0.05) is 22.6 Å². The number of hydrogen-bond acceptors (Lipinski definition) is 5. The molecule has 1 aliphatic rings. The number of aliphatic hydroxyl groups is 4. The van der Waals surface area contributed by atoms with Gasteiger partial charge in [0.2, 0.25) is 0 Å². The zero-order valence-electron chi connectivity index (χ0n) is 6.17. The molecule has 0 radical (unpaired) electrons. The molecule has 1 heterocycles. The normalized spacial score (nSPS) is 49.2. The highest BCUT2D eigenvalue weighted by Gasteiger charge is 2.42. The summed E-state index contributed by atoms with van der Waals surface area (Å²) in [7, 11) is 0. The predicted octanol–water partition coefficient (Wildman–Crippen LogP) is -1.78. The Balaban J connectivity index is 2.63. The van der Waals surface area contributed by atoms with Crippen molar-refractivity contribution in [3.8, 4) is 0 Å². The number of aliphatic hydroxyl groups excluding tert-OH is 4. The van der Waals surface area contributed by atoms with Gasteiger partial charge in [-0.25, -0.2) is 0 Å². The van der Waals surface area contributed by atoms with E-state index in [4.69, 9.17) is 14.9 Å². The van der Waals surface area contributed by atoms with Crippen molar-refractivity contribution in [2.24, 2.45) is 0 Å². The fourth-order valence-electron chi connectivity index (χ4n) is 1.06. The zero-order valence-corrected chi connectivity index (χ0v) is 8.33. The lowest BCUT2D eigenvalue weighted by atomic mass is 10.0. The van der Waals surface area contributed by atoms with E-state index in [1.165, 1.54) is 0 Å². The van der Waals surface area contributed by atoms with Crippen LogP contribution in [0.1, 0.15) is 0 Å². The average molecular weight is 290 g/mol. The molecule has 1 aliphatic heterocycles. The summed E-state index contributed by atoms with van der Waals surface area (Å²) < 4.78 is 5.26. The van der Waals surface area contributed by atoms with E-state index in [1.807, 2.05) is 22.6 Å². The van der Waals surface area contributed by atoms with E-state index in [-0.39, 0.29) is 0 Å². The van der Waals surface area contributed by atoms with Gasteiger partial charge in [-0.2, -0.15) is 0 Å². The van der Waals surface area contributed by atoms with Crippen LogP contribution in [0, 0.1) is 0 Å². The first-order valence-corrected chi connectivity index (χ1v) is 5.04. The second-order valence-electron chi connectivity index (χ2n) is 2.69. The maximum absolute atomic E-state index is 9.27. The van der Waals surface area contributed by atoms with Gasteiger partial charge in [-0.15, -0.1) is 0 Å². The molecule has 0 saturated carbocycles. The molecule has 0 spiro atoms. The molecule has 12 heavy (non-hydrogen) atoms. The fourth-order valence-corrected chi connectivity index (χ4v) is 1.79. The van der Waals surface area contributed by atoms with Crippen LogP contribution in [0.3, 0.4) is 0 Å². The quantitative estimate of drug-likeness (QED) is 0.339. The molecule has 4 N–H and O–H groups in total. The van der Waals surface area contributed by atoms with E-state index in [0.29, 0.717) is 4.43 Å². The summed E-state index contributed by atoms with van der Waals surface area (Å²) >= 11 is 1.96. The van der Waals surface area contributed by atoms with E-state index in [9.17, 15) is 10.2 Å². The Morgan fingerprint density at radius 3 is 2.08 bits per heavy atom. The van der Waals surface area contributed by atoms with Crippen LogP contribution in [0.5, 0.6) is 0 Å². The topological polar surface area (TPSA) is 90.2 Å². The Morgan fingerprint density at radius 1 is 1.00 bits per heavy atom. The lowest BCUT2D eigenvalue weighted by Gasteiger charge is -2.37. The first-order chi connectivity index (χ1) is 5.57. The van der Waals surface area contributed by atoms with Crippen LogP contribution in [-0.4, -0.2) is 55.6 Å².